The molecule has 0 N–H and O–H groups in total. The average Bonchev–Trinajstić information content (AvgIpc) is 3.58. The number of fused-ring (bicyclic) bond motifs is 3. The lowest BCUT2D eigenvalue weighted by Gasteiger charge is -2.34. The molecule has 1 aliphatic carbocycles. The summed E-state index contributed by atoms with van der Waals surface area (Å²) >= 11 is 0. The number of hydrogen-bond acceptors (Lipinski definition) is 3. The first-order chi connectivity index (χ1) is 27.3. The van der Waals surface area contributed by atoms with Crippen molar-refractivity contribution >= 4 is 0 Å². The second-order valence-corrected chi connectivity index (χ2v) is 14.0. The maximum atomic E-state index is 5.21. The highest BCUT2D eigenvalue weighted by Crippen LogP contribution is 2.56. The van der Waals surface area contributed by atoms with Crippen molar-refractivity contribution in [3.05, 3.63) is 235 Å². The van der Waals surface area contributed by atoms with Gasteiger partial charge in [0.2, 0.25) is 0 Å². The van der Waals surface area contributed by atoms with Crippen LogP contribution in [0.3, 0.4) is 0 Å². The highest BCUT2D eigenvalue weighted by Gasteiger charge is 2.46. The van der Waals surface area contributed by atoms with E-state index in [2.05, 4.69) is 200 Å². The Hall–Kier alpha value is -7.23. The fourth-order valence-electron chi connectivity index (χ4n) is 8.23. The molecule has 0 unspecified atom stereocenters. The number of benzene rings is 8. The van der Waals surface area contributed by atoms with Gasteiger partial charge >= 0.3 is 0 Å². The summed E-state index contributed by atoms with van der Waals surface area (Å²) in [5.74, 6) is 1.90. The van der Waals surface area contributed by atoms with E-state index in [1.54, 1.807) is 0 Å². The molecule has 0 fully saturated rings. The summed E-state index contributed by atoms with van der Waals surface area (Å²) in [7, 11) is 0. The number of hydrogen-bond donors (Lipinski definition) is 0. The Morgan fingerprint density at radius 3 is 1.09 bits per heavy atom. The molecular weight excluding hydrogens is 667 g/mol. The van der Waals surface area contributed by atoms with Crippen LogP contribution in [0.1, 0.15) is 22.3 Å². The van der Waals surface area contributed by atoms with Crippen molar-refractivity contribution in [1.29, 1.82) is 0 Å². The maximum Gasteiger partial charge on any atom is 0.164 e. The number of aromatic nitrogens is 3. The molecule has 8 aromatic carbocycles. The van der Waals surface area contributed by atoms with Crippen LogP contribution in [0.25, 0.3) is 67.5 Å². The van der Waals surface area contributed by atoms with Crippen molar-refractivity contribution in [2.24, 2.45) is 0 Å². The van der Waals surface area contributed by atoms with Gasteiger partial charge in [-0.05, 0) is 61.7 Å². The molecule has 55 heavy (non-hydrogen) atoms. The molecule has 0 radical (unpaired) electrons. The Kier molecular flexibility index (Phi) is 8.04. The fourth-order valence-corrected chi connectivity index (χ4v) is 8.23. The molecule has 0 amide bonds. The van der Waals surface area contributed by atoms with Gasteiger partial charge in [-0.2, -0.15) is 0 Å². The Bertz CT molecular complexity index is 2620. The van der Waals surface area contributed by atoms with Gasteiger partial charge < -0.3 is 0 Å². The Morgan fingerprint density at radius 1 is 0.255 bits per heavy atom. The third kappa shape index (κ3) is 5.65. The first kappa shape index (κ1) is 32.4. The molecule has 1 aromatic heterocycles. The molecule has 0 saturated carbocycles. The van der Waals surface area contributed by atoms with Crippen molar-refractivity contribution in [1.82, 2.24) is 15.0 Å². The SMILES string of the molecule is c1ccc(-c2ccc(-c3nc(-c4ccc(-c5ccccc5)cc4)nc(-c4ccc5c(c4)C(c4ccccc4)(c4ccccc4)c4ccccc4-5)n3)cc2)cc1. The van der Waals surface area contributed by atoms with Gasteiger partial charge in [0.25, 0.3) is 0 Å². The molecule has 1 aliphatic rings. The summed E-state index contributed by atoms with van der Waals surface area (Å²) in [5.41, 5.74) is 14.3. The van der Waals surface area contributed by atoms with Gasteiger partial charge in [0.1, 0.15) is 0 Å². The molecule has 0 atom stereocenters. The quantitative estimate of drug-likeness (QED) is 0.166. The van der Waals surface area contributed by atoms with Crippen molar-refractivity contribution in [3.63, 3.8) is 0 Å². The summed E-state index contributed by atoms with van der Waals surface area (Å²) in [6.07, 6.45) is 0. The highest BCUT2D eigenvalue weighted by molar-refractivity contribution is 5.88. The Morgan fingerprint density at radius 2 is 0.600 bits per heavy atom. The fraction of sp³-hybridized carbons (Fsp3) is 0.0192. The van der Waals surface area contributed by atoms with Crippen molar-refractivity contribution in [2.75, 3.05) is 0 Å². The molecule has 258 valence electrons. The van der Waals surface area contributed by atoms with E-state index in [0.717, 1.165) is 27.8 Å². The Balaban J connectivity index is 1.16. The van der Waals surface area contributed by atoms with Crippen molar-refractivity contribution in [2.45, 2.75) is 5.41 Å². The van der Waals surface area contributed by atoms with Crippen LogP contribution in [0.5, 0.6) is 0 Å². The normalized spacial score (nSPS) is 12.5. The van der Waals surface area contributed by atoms with Crippen LogP contribution >= 0.6 is 0 Å². The maximum absolute atomic E-state index is 5.21. The molecule has 0 bridgehead atoms. The van der Waals surface area contributed by atoms with E-state index in [0.29, 0.717) is 17.5 Å². The number of rotatable bonds is 7. The standard InChI is InChI=1S/C52H35N3/c1-5-15-36(16-6-1)38-25-29-40(30-26-38)49-53-50(41-31-27-39(28-32-41)37-17-7-2-8-18-37)55-51(54-49)42-33-34-46-45-23-13-14-24-47(45)52(48(46)35-42,43-19-9-3-10-20-43)44-21-11-4-12-22-44/h1-35H. The van der Waals surface area contributed by atoms with Gasteiger partial charge in [-0.15, -0.1) is 0 Å². The topological polar surface area (TPSA) is 38.7 Å². The van der Waals surface area contributed by atoms with E-state index in [1.165, 1.54) is 44.5 Å². The van der Waals surface area contributed by atoms with Crippen molar-refractivity contribution < 1.29 is 0 Å². The minimum atomic E-state index is -0.524. The summed E-state index contributed by atoms with van der Waals surface area (Å²) in [4.78, 5) is 15.5. The second-order valence-electron chi connectivity index (χ2n) is 14.0. The summed E-state index contributed by atoms with van der Waals surface area (Å²) in [5, 5.41) is 0. The summed E-state index contributed by atoms with van der Waals surface area (Å²) in [6.45, 7) is 0. The predicted molar refractivity (Wildman–Crippen MR) is 224 cm³/mol. The molecular formula is C52H35N3. The first-order valence-electron chi connectivity index (χ1n) is 18.7. The van der Waals surface area contributed by atoms with Gasteiger partial charge in [-0.3, -0.25) is 0 Å². The first-order valence-corrected chi connectivity index (χ1v) is 18.7. The average molecular weight is 702 g/mol. The van der Waals surface area contributed by atoms with E-state index in [-0.39, 0.29) is 0 Å². The van der Waals surface area contributed by atoms with Crippen LogP contribution in [0.4, 0.5) is 0 Å². The molecule has 9 aromatic rings. The van der Waals surface area contributed by atoms with E-state index >= 15 is 0 Å². The molecule has 3 heteroatoms. The molecule has 3 nitrogen and oxygen atoms in total. The lowest BCUT2D eigenvalue weighted by Crippen LogP contribution is -2.28. The molecule has 0 spiro atoms. The highest BCUT2D eigenvalue weighted by atomic mass is 15.0. The van der Waals surface area contributed by atoms with Crippen LogP contribution in [-0.4, -0.2) is 15.0 Å². The van der Waals surface area contributed by atoms with E-state index in [9.17, 15) is 0 Å². The third-order valence-electron chi connectivity index (χ3n) is 10.9. The number of nitrogens with zero attached hydrogens (tertiary/aromatic N) is 3. The molecule has 0 aliphatic heterocycles. The van der Waals surface area contributed by atoms with E-state index in [4.69, 9.17) is 15.0 Å². The zero-order chi connectivity index (χ0) is 36.6. The van der Waals surface area contributed by atoms with Crippen LogP contribution in [0.15, 0.2) is 212 Å². The monoisotopic (exact) mass is 701 g/mol. The van der Waals surface area contributed by atoms with Gasteiger partial charge in [0, 0.05) is 16.7 Å². The molecule has 1 heterocycles. The summed E-state index contributed by atoms with van der Waals surface area (Å²) < 4.78 is 0. The van der Waals surface area contributed by atoms with E-state index < -0.39 is 5.41 Å². The Labute approximate surface area is 321 Å². The molecule has 10 rings (SSSR count). The van der Waals surface area contributed by atoms with Gasteiger partial charge in [0.05, 0.1) is 5.41 Å². The smallest absolute Gasteiger partial charge is 0.164 e. The lowest BCUT2D eigenvalue weighted by atomic mass is 9.67. The minimum Gasteiger partial charge on any atom is -0.208 e. The summed E-state index contributed by atoms with van der Waals surface area (Å²) in [6, 6.07) is 75.2. The van der Waals surface area contributed by atoms with E-state index in [1.807, 2.05) is 12.1 Å². The minimum absolute atomic E-state index is 0.524. The van der Waals surface area contributed by atoms with Crippen LogP contribution < -0.4 is 0 Å². The van der Waals surface area contributed by atoms with Crippen LogP contribution in [0, 0.1) is 0 Å². The zero-order valence-electron chi connectivity index (χ0n) is 30.0. The van der Waals surface area contributed by atoms with Gasteiger partial charge in [-0.25, -0.2) is 15.0 Å². The van der Waals surface area contributed by atoms with Crippen LogP contribution in [0.2, 0.25) is 0 Å². The zero-order valence-corrected chi connectivity index (χ0v) is 30.0. The van der Waals surface area contributed by atoms with Crippen LogP contribution in [-0.2, 0) is 5.41 Å². The predicted octanol–water partition coefficient (Wildman–Crippen LogP) is 12.6. The largest absolute Gasteiger partial charge is 0.208 e. The van der Waals surface area contributed by atoms with Crippen molar-refractivity contribution in [3.8, 4) is 67.5 Å². The third-order valence-corrected chi connectivity index (χ3v) is 10.9. The van der Waals surface area contributed by atoms with Gasteiger partial charge in [0.15, 0.2) is 17.5 Å². The van der Waals surface area contributed by atoms with Gasteiger partial charge in [-0.1, -0.05) is 206 Å². The second kappa shape index (κ2) is 13.6. The lowest BCUT2D eigenvalue weighted by molar-refractivity contribution is 0.768. The molecule has 0 saturated heterocycles.